The van der Waals surface area contributed by atoms with Crippen molar-refractivity contribution in [3.05, 3.63) is 29.8 Å². The third kappa shape index (κ3) is 3.76. The van der Waals surface area contributed by atoms with E-state index in [9.17, 15) is 9.59 Å². The average Bonchev–Trinajstić information content (AvgIpc) is 3.23. The molecule has 0 spiro atoms. The van der Waals surface area contributed by atoms with E-state index in [1.807, 2.05) is 0 Å². The zero-order valence-electron chi connectivity index (χ0n) is 14.7. The van der Waals surface area contributed by atoms with Crippen molar-refractivity contribution in [2.75, 3.05) is 26.9 Å². The standard InChI is InChI=1S/C18H23FO6/c1-4-24-15(20)18(16(21)25-5-2)11-17(18,19)12-23-10-13-6-8-14(22-3)9-7-13/h6-9H,4-5,10-12H2,1-3H3. The Balaban J connectivity index is 1.99. The Morgan fingerprint density at radius 1 is 1.08 bits per heavy atom. The van der Waals surface area contributed by atoms with Crippen LogP contribution in [0.3, 0.4) is 0 Å². The van der Waals surface area contributed by atoms with Gasteiger partial charge in [-0.2, -0.15) is 0 Å². The SMILES string of the molecule is CCOC(=O)C1(C(=O)OCC)CC1(F)COCc1ccc(OC)cc1. The van der Waals surface area contributed by atoms with Crippen molar-refractivity contribution < 1.29 is 32.9 Å². The maximum absolute atomic E-state index is 15.0. The summed E-state index contributed by atoms with van der Waals surface area (Å²) in [6.07, 6.45) is -0.291. The van der Waals surface area contributed by atoms with Gasteiger partial charge >= 0.3 is 11.9 Å². The fourth-order valence-corrected chi connectivity index (χ4v) is 2.70. The third-order valence-corrected chi connectivity index (χ3v) is 4.19. The number of ether oxygens (including phenoxy) is 4. The summed E-state index contributed by atoms with van der Waals surface area (Å²) >= 11 is 0. The second-order valence-corrected chi connectivity index (χ2v) is 5.83. The van der Waals surface area contributed by atoms with Gasteiger partial charge in [-0.3, -0.25) is 9.59 Å². The first-order valence-corrected chi connectivity index (χ1v) is 8.17. The molecule has 1 aliphatic carbocycles. The van der Waals surface area contributed by atoms with Crippen molar-refractivity contribution >= 4 is 11.9 Å². The van der Waals surface area contributed by atoms with Gasteiger partial charge in [0.25, 0.3) is 0 Å². The summed E-state index contributed by atoms with van der Waals surface area (Å²) in [5.74, 6) is -1.09. The third-order valence-electron chi connectivity index (χ3n) is 4.19. The lowest BCUT2D eigenvalue weighted by Gasteiger charge is -2.17. The zero-order valence-corrected chi connectivity index (χ0v) is 14.7. The Bertz CT molecular complexity index is 596. The first kappa shape index (κ1) is 19.2. The van der Waals surface area contributed by atoms with E-state index in [-0.39, 0.29) is 26.2 Å². The molecule has 7 heteroatoms. The van der Waals surface area contributed by atoms with Crippen LogP contribution in [0, 0.1) is 5.41 Å². The Morgan fingerprint density at radius 2 is 1.64 bits per heavy atom. The second-order valence-electron chi connectivity index (χ2n) is 5.83. The minimum atomic E-state index is -2.11. The van der Waals surface area contributed by atoms with E-state index in [4.69, 9.17) is 18.9 Å². The summed E-state index contributed by atoms with van der Waals surface area (Å²) in [7, 11) is 1.57. The number of esters is 2. The summed E-state index contributed by atoms with van der Waals surface area (Å²) in [6, 6.07) is 7.12. The van der Waals surface area contributed by atoms with Gasteiger partial charge in [0, 0.05) is 6.42 Å². The van der Waals surface area contributed by atoms with E-state index >= 15 is 4.39 Å². The number of rotatable bonds is 9. The van der Waals surface area contributed by atoms with Gasteiger partial charge in [0.15, 0.2) is 5.67 Å². The van der Waals surface area contributed by atoms with E-state index < -0.39 is 29.6 Å². The van der Waals surface area contributed by atoms with Crippen LogP contribution in [0.5, 0.6) is 5.75 Å². The van der Waals surface area contributed by atoms with Gasteiger partial charge in [0.05, 0.1) is 33.5 Å². The predicted molar refractivity (Wildman–Crippen MR) is 86.8 cm³/mol. The van der Waals surface area contributed by atoms with Gasteiger partial charge < -0.3 is 18.9 Å². The Morgan fingerprint density at radius 3 is 2.12 bits per heavy atom. The highest BCUT2D eigenvalue weighted by Gasteiger charge is 2.80. The van der Waals surface area contributed by atoms with Crippen LogP contribution < -0.4 is 4.74 Å². The summed E-state index contributed by atoms with van der Waals surface area (Å²) in [6.45, 7) is 3.07. The van der Waals surface area contributed by atoms with Crippen LogP contribution in [0.15, 0.2) is 24.3 Å². The van der Waals surface area contributed by atoms with Crippen molar-refractivity contribution in [1.29, 1.82) is 0 Å². The van der Waals surface area contributed by atoms with Crippen molar-refractivity contribution in [3.8, 4) is 5.75 Å². The van der Waals surface area contributed by atoms with Crippen LogP contribution in [-0.2, 0) is 30.4 Å². The Hall–Kier alpha value is -2.15. The van der Waals surface area contributed by atoms with Crippen LogP contribution >= 0.6 is 0 Å². The molecular formula is C18H23FO6. The van der Waals surface area contributed by atoms with E-state index in [2.05, 4.69) is 0 Å². The number of halogens is 1. The largest absolute Gasteiger partial charge is 0.497 e. The summed E-state index contributed by atoms with van der Waals surface area (Å²) in [5, 5.41) is 0. The number of alkyl halides is 1. The highest BCUT2D eigenvalue weighted by atomic mass is 19.1. The highest BCUT2D eigenvalue weighted by molar-refractivity contribution is 6.06. The summed E-state index contributed by atoms with van der Waals surface area (Å²) < 4.78 is 35.2. The number of carbonyl (C=O) groups excluding carboxylic acids is 2. The first-order chi connectivity index (χ1) is 11.9. The van der Waals surface area contributed by atoms with Crippen molar-refractivity contribution in [1.82, 2.24) is 0 Å². The molecule has 1 atom stereocenters. The van der Waals surface area contributed by atoms with E-state index in [1.54, 1.807) is 45.2 Å². The molecule has 25 heavy (non-hydrogen) atoms. The van der Waals surface area contributed by atoms with Gasteiger partial charge in [-0.25, -0.2) is 4.39 Å². The Kier molecular flexibility index (Phi) is 6.00. The maximum Gasteiger partial charge on any atom is 0.327 e. The molecule has 6 nitrogen and oxygen atoms in total. The fourth-order valence-electron chi connectivity index (χ4n) is 2.70. The lowest BCUT2D eigenvalue weighted by molar-refractivity contribution is -0.167. The van der Waals surface area contributed by atoms with E-state index in [1.165, 1.54) is 0 Å². The second kappa shape index (κ2) is 7.82. The number of methoxy groups -OCH3 is 1. The van der Waals surface area contributed by atoms with Crippen LogP contribution in [0.2, 0.25) is 0 Å². The van der Waals surface area contributed by atoms with Crippen molar-refractivity contribution in [2.45, 2.75) is 32.5 Å². The number of hydrogen-bond donors (Lipinski definition) is 0. The van der Waals surface area contributed by atoms with E-state index in [0.717, 1.165) is 5.56 Å². The number of carbonyl (C=O) groups is 2. The average molecular weight is 354 g/mol. The van der Waals surface area contributed by atoms with Crippen LogP contribution in [-0.4, -0.2) is 44.5 Å². The molecule has 0 N–H and O–H groups in total. The molecule has 1 aromatic carbocycles. The van der Waals surface area contributed by atoms with Crippen LogP contribution in [0.1, 0.15) is 25.8 Å². The van der Waals surface area contributed by atoms with Gasteiger partial charge in [-0.15, -0.1) is 0 Å². The minimum absolute atomic E-state index is 0.0583. The monoisotopic (exact) mass is 354 g/mol. The topological polar surface area (TPSA) is 71.1 Å². The summed E-state index contributed by atoms with van der Waals surface area (Å²) in [5.41, 5.74) is -3.21. The molecule has 1 saturated carbocycles. The molecule has 0 amide bonds. The summed E-state index contributed by atoms with van der Waals surface area (Å²) in [4.78, 5) is 24.3. The molecule has 0 aliphatic heterocycles. The van der Waals surface area contributed by atoms with Gasteiger partial charge in [0.1, 0.15) is 5.75 Å². The highest BCUT2D eigenvalue weighted by Crippen LogP contribution is 2.61. The molecule has 138 valence electrons. The molecule has 2 rings (SSSR count). The molecule has 1 aromatic rings. The molecule has 0 bridgehead atoms. The molecule has 0 aromatic heterocycles. The number of hydrogen-bond acceptors (Lipinski definition) is 6. The quantitative estimate of drug-likeness (QED) is 0.501. The predicted octanol–water partition coefficient (Wildman–Crippen LogP) is 2.44. The van der Waals surface area contributed by atoms with E-state index in [0.29, 0.717) is 5.75 Å². The van der Waals surface area contributed by atoms with Crippen LogP contribution in [0.4, 0.5) is 4.39 Å². The molecule has 1 unspecified atom stereocenters. The van der Waals surface area contributed by atoms with Crippen LogP contribution in [0.25, 0.3) is 0 Å². The maximum atomic E-state index is 15.0. The smallest absolute Gasteiger partial charge is 0.327 e. The lowest BCUT2D eigenvalue weighted by atomic mass is 10.0. The zero-order chi connectivity index (χ0) is 18.5. The Labute approximate surface area is 146 Å². The molecule has 1 aliphatic rings. The van der Waals surface area contributed by atoms with Gasteiger partial charge in [-0.05, 0) is 31.5 Å². The molecule has 0 radical (unpaired) electrons. The first-order valence-electron chi connectivity index (χ1n) is 8.17. The van der Waals surface area contributed by atoms with Crippen molar-refractivity contribution in [2.24, 2.45) is 5.41 Å². The molecular weight excluding hydrogens is 331 g/mol. The van der Waals surface area contributed by atoms with Gasteiger partial charge in [-0.1, -0.05) is 12.1 Å². The minimum Gasteiger partial charge on any atom is -0.497 e. The number of benzene rings is 1. The molecule has 0 saturated heterocycles. The molecule has 1 fully saturated rings. The normalized spacial score (nSPS) is 20.6. The van der Waals surface area contributed by atoms with Crippen molar-refractivity contribution in [3.63, 3.8) is 0 Å². The van der Waals surface area contributed by atoms with Gasteiger partial charge in [0.2, 0.25) is 5.41 Å². The fraction of sp³-hybridized carbons (Fsp3) is 0.556. The lowest BCUT2D eigenvalue weighted by Crippen LogP contribution is -2.38. The molecule has 0 heterocycles.